The number of hydrogen-bond acceptors (Lipinski definition) is 2. The summed E-state index contributed by atoms with van der Waals surface area (Å²) in [6, 6.07) is 18.3. The Balaban J connectivity index is 2.05. The highest BCUT2D eigenvalue weighted by Gasteiger charge is 2.12. The molecule has 0 aliphatic carbocycles. The minimum atomic E-state index is 0.837. The molecule has 0 aliphatic rings. The SMILES string of the molecule is c1ccc2c(c1)[nH]c1nc3c(cc12)oc1ccccc13. The standard InChI is InChI=1S/C17H10N2O/c1-3-7-13-10(5-1)12-9-15-16(19-17(12)18-13)11-6-2-4-8-14(11)20-15/h1-9H,(H,18,19). The first-order valence-electron chi connectivity index (χ1n) is 6.59. The lowest BCUT2D eigenvalue weighted by molar-refractivity contribution is 0.669. The Bertz CT molecular complexity index is 1010. The summed E-state index contributed by atoms with van der Waals surface area (Å²) >= 11 is 0. The van der Waals surface area contributed by atoms with E-state index in [9.17, 15) is 0 Å². The monoisotopic (exact) mass is 258 g/mol. The van der Waals surface area contributed by atoms with Gasteiger partial charge in [-0.05, 0) is 24.3 Å². The third-order valence-electron chi connectivity index (χ3n) is 3.82. The van der Waals surface area contributed by atoms with Gasteiger partial charge in [-0.25, -0.2) is 4.98 Å². The highest BCUT2D eigenvalue weighted by molar-refractivity contribution is 6.12. The number of benzene rings is 2. The predicted octanol–water partition coefficient (Wildman–Crippen LogP) is 4.62. The van der Waals surface area contributed by atoms with E-state index in [-0.39, 0.29) is 0 Å². The largest absolute Gasteiger partial charge is 0.454 e. The first-order chi connectivity index (χ1) is 9.90. The molecule has 0 atom stereocenters. The Labute approximate surface area is 113 Å². The van der Waals surface area contributed by atoms with Crippen molar-refractivity contribution in [3.8, 4) is 0 Å². The van der Waals surface area contributed by atoms with Crippen molar-refractivity contribution < 1.29 is 4.42 Å². The molecule has 0 amide bonds. The number of nitrogens with one attached hydrogen (secondary N) is 1. The average Bonchev–Trinajstić information content (AvgIpc) is 3.02. The van der Waals surface area contributed by atoms with Crippen LogP contribution in [0.25, 0.3) is 44.0 Å². The highest BCUT2D eigenvalue weighted by Crippen LogP contribution is 2.32. The van der Waals surface area contributed by atoms with Crippen molar-refractivity contribution in [3.05, 3.63) is 54.6 Å². The van der Waals surface area contributed by atoms with E-state index in [1.54, 1.807) is 0 Å². The molecule has 0 fully saturated rings. The third kappa shape index (κ3) is 1.17. The van der Waals surface area contributed by atoms with E-state index >= 15 is 0 Å². The number of pyridine rings is 1. The van der Waals surface area contributed by atoms with Gasteiger partial charge in [-0.15, -0.1) is 0 Å². The number of fused-ring (bicyclic) bond motifs is 6. The van der Waals surface area contributed by atoms with Crippen molar-refractivity contribution in [1.82, 2.24) is 9.97 Å². The Hall–Kier alpha value is -2.81. The third-order valence-corrected chi connectivity index (χ3v) is 3.82. The summed E-state index contributed by atoms with van der Waals surface area (Å²) in [6.45, 7) is 0. The maximum atomic E-state index is 5.90. The van der Waals surface area contributed by atoms with Crippen LogP contribution >= 0.6 is 0 Å². The Kier molecular flexibility index (Phi) is 1.70. The van der Waals surface area contributed by atoms with E-state index in [2.05, 4.69) is 23.2 Å². The van der Waals surface area contributed by atoms with E-state index in [0.29, 0.717) is 0 Å². The second kappa shape index (κ2) is 3.39. The molecule has 20 heavy (non-hydrogen) atoms. The van der Waals surface area contributed by atoms with Crippen LogP contribution in [0.4, 0.5) is 0 Å². The molecular formula is C17H10N2O. The second-order valence-electron chi connectivity index (χ2n) is 5.00. The van der Waals surface area contributed by atoms with Gasteiger partial charge < -0.3 is 9.40 Å². The fraction of sp³-hybridized carbons (Fsp3) is 0. The summed E-state index contributed by atoms with van der Waals surface area (Å²) in [5, 5.41) is 3.34. The molecule has 0 saturated heterocycles. The van der Waals surface area contributed by atoms with Crippen molar-refractivity contribution in [1.29, 1.82) is 0 Å². The molecule has 0 radical (unpaired) electrons. The van der Waals surface area contributed by atoms with E-state index < -0.39 is 0 Å². The Morgan fingerprint density at radius 3 is 2.55 bits per heavy atom. The number of nitrogens with zero attached hydrogens (tertiary/aromatic N) is 1. The normalized spacial score (nSPS) is 12.0. The number of aromatic amines is 1. The van der Waals surface area contributed by atoms with Crippen molar-refractivity contribution >= 4 is 44.0 Å². The quantitative estimate of drug-likeness (QED) is 0.440. The summed E-state index contributed by atoms with van der Waals surface area (Å²) in [4.78, 5) is 8.13. The van der Waals surface area contributed by atoms with Crippen molar-refractivity contribution in [2.45, 2.75) is 0 Å². The molecule has 0 bridgehead atoms. The van der Waals surface area contributed by atoms with E-state index in [4.69, 9.17) is 9.40 Å². The number of para-hydroxylation sites is 2. The highest BCUT2D eigenvalue weighted by atomic mass is 16.3. The van der Waals surface area contributed by atoms with Crippen LogP contribution in [-0.4, -0.2) is 9.97 Å². The number of aromatic nitrogens is 2. The Morgan fingerprint density at radius 2 is 1.60 bits per heavy atom. The fourth-order valence-corrected chi connectivity index (χ4v) is 2.89. The van der Waals surface area contributed by atoms with Gasteiger partial charge in [-0.1, -0.05) is 30.3 Å². The van der Waals surface area contributed by atoms with Crippen molar-refractivity contribution in [2.75, 3.05) is 0 Å². The lowest BCUT2D eigenvalue weighted by Crippen LogP contribution is -1.77. The molecule has 0 unspecified atom stereocenters. The predicted molar refractivity (Wildman–Crippen MR) is 80.9 cm³/mol. The first-order valence-corrected chi connectivity index (χ1v) is 6.59. The van der Waals surface area contributed by atoms with Gasteiger partial charge in [-0.2, -0.15) is 0 Å². The molecule has 1 N–H and O–H groups in total. The molecule has 3 nitrogen and oxygen atoms in total. The lowest BCUT2D eigenvalue weighted by atomic mass is 10.2. The van der Waals surface area contributed by atoms with Crippen molar-refractivity contribution in [2.24, 2.45) is 0 Å². The summed E-state index contributed by atoms with van der Waals surface area (Å²) in [6.07, 6.45) is 0. The zero-order chi connectivity index (χ0) is 13.1. The van der Waals surface area contributed by atoms with Gasteiger partial charge in [0.25, 0.3) is 0 Å². The minimum absolute atomic E-state index is 0.837. The molecule has 3 heterocycles. The van der Waals surface area contributed by atoms with Crippen LogP contribution in [0.5, 0.6) is 0 Å². The minimum Gasteiger partial charge on any atom is -0.454 e. The average molecular weight is 258 g/mol. The van der Waals surface area contributed by atoms with Gasteiger partial charge in [0, 0.05) is 21.7 Å². The van der Waals surface area contributed by atoms with Crippen LogP contribution in [0.2, 0.25) is 0 Å². The summed E-state index contributed by atoms with van der Waals surface area (Å²) in [5.74, 6) is 0. The molecule has 2 aromatic carbocycles. The summed E-state index contributed by atoms with van der Waals surface area (Å²) in [7, 11) is 0. The smallest absolute Gasteiger partial charge is 0.154 e. The number of furan rings is 1. The molecule has 0 saturated carbocycles. The van der Waals surface area contributed by atoms with Crippen LogP contribution in [0.1, 0.15) is 0 Å². The number of hydrogen-bond donors (Lipinski definition) is 1. The molecule has 3 heteroatoms. The maximum absolute atomic E-state index is 5.90. The zero-order valence-corrected chi connectivity index (χ0v) is 10.6. The molecule has 5 rings (SSSR count). The lowest BCUT2D eigenvalue weighted by Gasteiger charge is -1.91. The van der Waals surface area contributed by atoms with E-state index in [0.717, 1.165) is 38.6 Å². The van der Waals surface area contributed by atoms with E-state index in [1.807, 2.05) is 36.4 Å². The van der Waals surface area contributed by atoms with Crippen LogP contribution in [0.3, 0.4) is 0 Å². The molecular weight excluding hydrogens is 248 g/mol. The maximum Gasteiger partial charge on any atom is 0.154 e. The van der Waals surface area contributed by atoms with Gasteiger partial charge in [0.15, 0.2) is 5.58 Å². The van der Waals surface area contributed by atoms with Gasteiger partial charge in [0.05, 0.1) is 0 Å². The summed E-state index contributed by atoms with van der Waals surface area (Å²) in [5.41, 5.74) is 4.65. The topological polar surface area (TPSA) is 41.8 Å². The first kappa shape index (κ1) is 10.0. The van der Waals surface area contributed by atoms with Crippen LogP contribution in [0.15, 0.2) is 59.0 Å². The van der Waals surface area contributed by atoms with Crippen LogP contribution in [0, 0.1) is 0 Å². The molecule has 3 aromatic heterocycles. The molecule has 0 aliphatic heterocycles. The second-order valence-corrected chi connectivity index (χ2v) is 5.00. The molecule has 0 spiro atoms. The van der Waals surface area contributed by atoms with Gasteiger partial charge in [0.2, 0.25) is 0 Å². The summed E-state index contributed by atoms with van der Waals surface area (Å²) < 4.78 is 5.90. The fourth-order valence-electron chi connectivity index (χ4n) is 2.89. The van der Waals surface area contributed by atoms with Gasteiger partial charge in [-0.3, -0.25) is 0 Å². The Morgan fingerprint density at radius 1 is 0.800 bits per heavy atom. The number of rotatable bonds is 0. The zero-order valence-electron chi connectivity index (χ0n) is 10.6. The number of H-pyrrole nitrogens is 1. The van der Waals surface area contributed by atoms with Crippen molar-refractivity contribution in [3.63, 3.8) is 0 Å². The van der Waals surface area contributed by atoms with Crippen LogP contribution in [-0.2, 0) is 0 Å². The molecule has 5 aromatic rings. The van der Waals surface area contributed by atoms with E-state index in [1.165, 1.54) is 5.39 Å². The van der Waals surface area contributed by atoms with Gasteiger partial charge >= 0.3 is 0 Å². The van der Waals surface area contributed by atoms with Crippen LogP contribution < -0.4 is 0 Å². The molecule has 94 valence electrons. The van der Waals surface area contributed by atoms with Gasteiger partial charge in [0.1, 0.15) is 16.7 Å².